The van der Waals surface area contributed by atoms with Crippen molar-refractivity contribution in [2.45, 2.75) is 19.7 Å². The molecule has 60 valence electrons. The molecule has 0 aliphatic rings. The molecule has 11 heavy (non-hydrogen) atoms. The van der Waals surface area contributed by atoms with E-state index in [1.54, 1.807) is 19.1 Å². The van der Waals surface area contributed by atoms with Crippen molar-refractivity contribution in [1.82, 2.24) is 0 Å². The van der Waals surface area contributed by atoms with Crippen molar-refractivity contribution < 1.29 is 9.90 Å². The first-order chi connectivity index (χ1) is 5.20. The molecule has 0 atom stereocenters. The van der Waals surface area contributed by atoms with Crippen LogP contribution in [0.3, 0.4) is 0 Å². The minimum Gasteiger partial charge on any atom is -0.508 e. The highest BCUT2D eigenvalue weighted by Gasteiger charge is 1.92. The molecule has 0 bridgehead atoms. The summed E-state index contributed by atoms with van der Waals surface area (Å²) in [7, 11) is 1.83. The zero-order valence-electron chi connectivity index (χ0n) is 7.00. The van der Waals surface area contributed by atoms with Crippen LogP contribution in [0, 0.1) is 0 Å². The van der Waals surface area contributed by atoms with Gasteiger partial charge in [0.15, 0.2) is 0 Å². The highest BCUT2D eigenvalue weighted by atomic mass is 16.3. The van der Waals surface area contributed by atoms with Gasteiger partial charge in [0, 0.05) is 6.42 Å². The van der Waals surface area contributed by atoms with Gasteiger partial charge in [0.25, 0.3) is 0 Å². The normalized spacial score (nSPS) is 12.3. The smallest absolute Gasteiger partial charge is 0.128 e. The SMILES string of the molecule is BCC(=O)C/C=C\C(O)=C/C. The van der Waals surface area contributed by atoms with Crippen molar-refractivity contribution in [3.05, 3.63) is 24.0 Å². The summed E-state index contributed by atoms with van der Waals surface area (Å²) in [6.07, 6.45) is 5.75. The molecule has 3 heteroatoms. The molecule has 1 N–H and O–H groups in total. The van der Waals surface area contributed by atoms with Gasteiger partial charge in [-0.2, -0.15) is 0 Å². The third-order valence-corrected chi connectivity index (χ3v) is 1.32. The number of hydrogen-bond donors (Lipinski definition) is 1. The molecular formula is C8H13BO2. The number of rotatable bonds is 4. The molecule has 0 amide bonds. The Hall–Kier alpha value is -0.985. The lowest BCUT2D eigenvalue weighted by molar-refractivity contribution is -0.116. The maximum Gasteiger partial charge on any atom is 0.128 e. The summed E-state index contributed by atoms with van der Waals surface area (Å²) in [6, 6.07) is 0. The second-order valence-corrected chi connectivity index (χ2v) is 2.21. The fourth-order valence-electron chi connectivity index (χ4n) is 0.552. The molecule has 0 aromatic rings. The number of aliphatic hydroxyl groups is 1. The molecule has 0 aromatic carbocycles. The van der Waals surface area contributed by atoms with Crippen LogP contribution in [0.2, 0.25) is 6.32 Å². The molecule has 0 rings (SSSR count). The van der Waals surface area contributed by atoms with Crippen LogP contribution in [0.5, 0.6) is 0 Å². The van der Waals surface area contributed by atoms with E-state index in [1.165, 1.54) is 6.08 Å². The van der Waals surface area contributed by atoms with Crippen molar-refractivity contribution in [1.29, 1.82) is 0 Å². The predicted octanol–water partition coefficient (Wildman–Crippen LogP) is 1.01. The summed E-state index contributed by atoms with van der Waals surface area (Å²) in [6.45, 7) is 1.74. The zero-order chi connectivity index (χ0) is 8.69. The van der Waals surface area contributed by atoms with Crippen LogP contribution in [-0.2, 0) is 4.79 Å². The van der Waals surface area contributed by atoms with E-state index in [2.05, 4.69) is 0 Å². The van der Waals surface area contributed by atoms with Gasteiger partial charge in [-0.05, 0) is 25.4 Å². The Morgan fingerprint density at radius 3 is 2.73 bits per heavy atom. The minimum absolute atomic E-state index is 0.185. The highest BCUT2D eigenvalue weighted by Crippen LogP contribution is 1.94. The van der Waals surface area contributed by atoms with Gasteiger partial charge in [0.1, 0.15) is 19.4 Å². The lowest BCUT2D eigenvalue weighted by atomic mass is 9.99. The first-order valence-electron chi connectivity index (χ1n) is 3.74. The number of hydrogen-bond acceptors (Lipinski definition) is 2. The topological polar surface area (TPSA) is 37.3 Å². The Morgan fingerprint density at radius 2 is 2.27 bits per heavy atom. The highest BCUT2D eigenvalue weighted by molar-refractivity contribution is 6.20. The molecule has 0 fully saturated rings. The van der Waals surface area contributed by atoms with Crippen LogP contribution in [-0.4, -0.2) is 18.7 Å². The van der Waals surface area contributed by atoms with Gasteiger partial charge in [0.05, 0.1) is 0 Å². The van der Waals surface area contributed by atoms with E-state index >= 15 is 0 Å². The molecule has 0 radical (unpaired) electrons. The second-order valence-electron chi connectivity index (χ2n) is 2.21. The third-order valence-electron chi connectivity index (χ3n) is 1.32. The number of aliphatic hydroxyl groups excluding tert-OH is 1. The number of Topliss-reactive ketones (excluding diaryl/α,β-unsaturated/α-hetero) is 1. The minimum atomic E-state index is 0.185. The van der Waals surface area contributed by atoms with Gasteiger partial charge in [-0.25, -0.2) is 0 Å². The zero-order valence-corrected chi connectivity index (χ0v) is 7.00. The number of ketones is 1. The van der Waals surface area contributed by atoms with Gasteiger partial charge >= 0.3 is 0 Å². The molecule has 0 unspecified atom stereocenters. The molecule has 0 spiro atoms. The monoisotopic (exact) mass is 152 g/mol. The fraction of sp³-hybridized carbons (Fsp3) is 0.375. The Bertz CT molecular complexity index is 183. The van der Waals surface area contributed by atoms with Crippen molar-refractivity contribution in [2.75, 3.05) is 0 Å². The largest absolute Gasteiger partial charge is 0.508 e. The number of carbonyl (C=O) groups is 1. The average molecular weight is 152 g/mol. The van der Waals surface area contributed by atoms with Crippen LogP contribution >= 0.6 is 0 Å². The Morgan fingerprint density at radius 1 is 1.64 bits per heavy atom. The van der Waals surface area contributed by atoms with Crippen LogP contribution < -0.4 is 0 Å². The predicted molar refractivity (Wildman–Crippen MR) is 48.5 cm³/mol. The van der Waals surface area contributed by atoms with E-state index in [9.17, 15) is 4.79 Å². The first-order valence-corrected chi connectivity index (χ1v) is 3.74. The van der Waals surface area contributed by atoms with Crippen molar-refractivity contribution >= 4 is 13.6 Å². The first kappa shape index (κ1) is 10.0. The Balaban J connectivity index is 3.69. The maximum atomic E-state index is 10.7. The lowest BCUT2D eigenvalue weighted by Crippen LogP contribution is -1.92. The molecule has 0 saturated carbocycles. The Labute approximate surface area is 68.0 Å². The van der Waals surface area contributed by atoms with Gasteiger partial charge in [-0.3, -0.25) is 0 Å². The summed E-state index contributed by atoms with van der Waals surface area (Å²) in [4.78, 5) is 10.7. The van der Waals surface area contributed by atoms with Crippen LogP contribution in [0.15, 0.2) is 24.0 Å². The van der Waals surface area contributed by atoms with E-state index < -0.39 is 0 Å². The van der Waals surface area contributed by atoms with Gasteiger partial charge in [-0.1, -0.05) is 6.08 Å². The van der Waals surface area contributed by atoms with E-state index in [-0.39, 0.29) is 11.5 Å². The molecule has 2 nitrogen and oxygen atoms in total. The van der Waals surface area contributed by atoms with E-state index in [0.29, 0.717) is 12.7 Å². The molecule has 0 aliphatic carbocycles. The standard InChI is InChI=1S/C8H13BO2/c1-2-7(10)4-3-5-8(11)6-9/h2-4,10H,5-6,9H2,1H3/b4-3-,7-2+. The Kier molecular flexibility index (Phi) is 5.26. The van der Waals surface area contributed by atoms with Gasteiger partial charge in [-0.15, -0.1) is 0 Å². The van der Waals surface area contributed by atoms with E-state index in [0.717, 1.165) is 0 Å². The number of carbonyl (C=O) groups excluding carboxylic acids is 1. The van der Waals surface area contributed by atoms with Crippen LogP contribution in [0.25, 0.3) is 0 Å². The summed E-state index contributed by atoms with van der Waals surface area (Å²) < 4.78 is 0. The second kappa shape index (κ2) is 5.77. The quantitative estimate of drug-likeness (QED) is 0.371. The van der Waals surface area contributed by atoms with Gasteiger partial charge in [0.2, 0.25) is 0 Å². The van der Waals surface area contributed by atoms with Crippen molar-refractivity contribution in [2.24, 2.45) is 0 Å². The van der Waals surface area contributed by atoms with Crippen molar-refractivity contribution in [3.8, 4) is 0 Å². The van der Waals surface area contributed by atoms with Crippen LogP contribution in [0.1, 0.15) is 13.3 Å². The molecular weight excluding hydrogens is 139 g/mol. The summed E-state index contributed by atoms with van der Waals surface area (Å²) >= 11 is 0. The van der Waals surface area contributed by atoms with Crippen molar-refractivity contribution in [3.63, 3.8) is 0 Å². The summed E-state index contributed by atoms with van der Waals surface area (Å²) in [5.41, 5.74) is 0. The maximum absolute atomic E-state index is 10.7. The van der Waals surface area contributed by atoms with Gasteiger partial charge < -0.3 is 9.90 Å². The van der Waals surface area contributed by atoms with E-state index in [1.807, 2.05) is 7.85 Å². The third kappa shape index (κ3) is 5.46. The fourth-order valence-corrected chi connectivity index (χ4v) is 0.552. The van der Waals surface area contributed by atoms with E-state index in [4.69, 9.17) is 5.11 Å². The average Bonchev–Trinajstić information content (AvgIpc) is 2.04. The summed E-state index contributed by atoms with van der Waals surface area (Å²) in [5, 5.41) is 8.91. The van der Waals surface area contributed by atoms with Crippen LogP contribution in [0.4, 0.5) is 0 Å². The molecule has 0 heterocycles. The molecule has 0 saturated heterocycles. The summed E-state index contributed by atoms with van der Waals surface area (Å²) in [5.74, 6) is 0.388. The lowest BCUT2D eigenvalue weighted by Gasteiger charge is -1.89. The molecule has 0 aliphatic heterocycles. The number of allylic oxidation sites excluding steroid dienone is 3. The molecule has 0 aromatic heterocycles.